The SMILES string of the molecule is Cc1cc(-n2cnc(C)c2C)c(C(=N)N)c(C)n1. The lowest BCUT2D eigenvalue weighted by Crippen LogP contribution is -2.18. The first kappa shape index (κ1) is 12.3. The van der Waals surface area contributed by atoms with Gasteiger partial charge in [0.05, 0.1) is 29.0 Å². The van der Waals surface area contributed by atoms with Crippen molar-refractivity contribution in [3.8, 4) is 5.69 Å². The minimum atomic E-state index is 0.0285. The maximum atomic E-state index is 7.72. The highest BCUT2D eigenvalue weighted by molar-refractivity contribution is 5.99. The third kappa shape index (κ3) is 1.88. The Bertz CT molecular complexity index is 625. The predicted octanol–water partition coefficient (Wildman–Crippen LogP) is 1.79. The molecule has 94 valence electrons. The smallest absolute Gasteiger partial charge is 0.126 e. The van der Waals surface area contributed by atoms with Gasteiger partial charge < -0.3 is 10.3 Å². The van der Waals surface area contributed by atoms with Crippen LogP contribution in [0.5, 0.6) is 0 Å². The Morgan fingerprint density at radius 2 is 1.89 bits per heavy atom. The Hall–Kier alpha value is -2.17. The summed E-state index contributed by atoms with van der Waals surface area (Å²) in [5, 5.41) is 7.72. The summed E-state index contributed by atoms with van der Waals surface area (Å²) >= 11 is 0. The first-order valence-electron chi connectivity index (χ1n) is 5.75. The van der Waals surface area contributed by atoms with E-state index in [1.165, 1.54) is 0 Å². The number of amidine groups is 1. The van der Waals surface area contributed by atoms with Crippen molar-refractivity contribution in [2.75, 3.05) is 0 Å². The molecule has 18 heavy (non-hydrogen) atoms. The lowest BCUT2D eigenvalue weighted by atomic mass is 10.1. The maximum Gasteiger partial charge on any atom is 0.126 e. The molecule has 2 aromatic rings. The van der Waals surface area contributed by atoms with Crippen LogP contribution in [0.2, 0.25) is 0 Å². The van der Waals surface area contributed by atoms with Crippen LogP contribution in [0.25, 0.3) is 5.69 Å². The summed E-state index contributed by atoms with van der Waals surface area (Å²) in [7, 11) is 0. The van der Waals surface area contributed by atoms with E-state index in [1.807, 2.05) is 38.3 Å². The summed E-state index contributed by atoms with van der Waals surface area (Å²) in [6.45, 7) is 7.75. The van der Waals surface area contributed by atoms with Crippen molar-refractivity contribution in [1.29, 1.82) is 5.41 Å². The van der Waals surface area contributed by atoms with Crippen LogP contribution in [-0.4, -0.2) is 20.4 Å². The van der Waals surface area contributed by atoms with E-state index < -0.39 is 0 Å². The van der Waals surface area contributed by atoms with Gasteiger partial charge in [-0.2, -0.15) is 0 Å². The van der Waals surface area contributed by atoms with Gasteiger partial charge in [-0.15, -0.1) is 0 Å². The lowest BCUT2D eigenvalue weighted by Gasteiger charge is -2.14. The Morgan fingerprint density at radius 1 is 1.22 bits per heavy atom. The third-order valence-electron chi connectivity index (χ3n) is 3.09. The molecule has 5 heteroatoms. The molecular formula is C13H17N5. The van der Waals surface area contributed by atoms with Crippen molar-refractivity contribution < 1.29 is 0 Å². The predicted molar refractivity (Wildman–Crippen MR) is 71.3 cm³/mol. The van der Waals surface area contributed by atoms with Gasteiger partial charge >= 0.3 is 0 Å². The largest absolute Gasteiger partial charge is 0.384 e. The Kier molecular flexibility index (Phi) is 2.90. The van der Waals surface area contributed by atoms with Crippen molar-refractivity contribution in [3.05, 3.63) is 40.7 Å². The van der Waals surface area contributed by atoms with Crippen molar-refractivity contribution in [3.63, 3.8) is 0 Å². The van der Waals surface area contributed by atoms with Crippen LogP contribution >= 0.6 is 0 Å². The molecule has 0 bridgehead atoms. The first-order valence-corrected chi connectivity index (χ1v) is 5.75. The summed E-state index contributed by atoms with van der Waals surface area (Å²) in [6.07, 6.45) is 1.76. The molecule has 0 saturated carbocycles. The second kappa shape index (κ2) is 4.25. The van der Waals surface area contributed by atoms with Gasteiger partial charge in [-0.05, 0) is 33.8 Å². The number of aromatic nitrogens is 3. The maximum absolute atomic E-state index is 7.72. The van der Waals surface area contributed by atoms with Crippen LogP contribution in [0.4, 0.5) is 0 Å². The number of nitrogens with two attached hydrogens (primary N) is 1. The molecule has 0 atom stereocenters. The zero-order chi connectivity index (χ0) is 13.4. The van der Waals surface area contributed by atoms with Gasteiger partial charge in [-0.1, -0.05) is 0 Å². The zero-order valence-electron chi connectivity index (χ0n) is 11.1. The molecule has 5 nitrogen and oxygen atoms in total. The number of aryl methyl sites for hydroxylation is 3. The molecule has 0 aliphatic carbocycles. The molecule has 0 radical (unpaired) electrons. The molecule has 0 aromatic carbocycles. The van der Waals surface area contributed by atoms with Gasteiger partial charge in [0.1, 0.15) is 5.84 Å². The van der Waals surface area contributed by atoms with E-state index in [0.717, 1.165) is 28.5 Å². The van der Waals surface area contributed by atoms with Crippen molar-refractivity contribution >= 4 is 5.84 Å². The van der Waals surface area contributed by atoms with E-state index in [0.29, 0.717) is 5.56 Å². The standard InChI is InChI=1S/C13H17N5/c1-7-5-11(12(13(14)15)9(3)17-7)18-6-16-8(2)10(18)4/h5-6H,1-4H3,(H3,14,15). The summed E-state index contributed by atoms with van der Waals surface area (Å²) in [5.74, 6) is 0.0285. The summed E-state index contributed by atoms with van der Waals surface area (Å²) < 4.78 is 1.95. The molecule has 2 heterocycles. The van der Waals surface area contributed by atoms with Gasteiger partial charge in [0.2, 0.25) is 0 Å². The van der Waals surface area contributed by atoms with Gasteiger partial charge in [-0.3, -0.25) is 10.4 Å². The highest BCUT2D eigenvalue weighted by atomic mass is 15.1. The molecule has 0 fully saturated rings. The number of hydrogen-bond acceptors (Lipinski definition) is 3. The third-order valence-corrected chi connectivity index (χ3v) is 3.09. The first-order chi connectivity index (χ1) is 8.41. The number of nitrogen functional groups attached to an aromatic ring is 1. The molecule has 0 amide bonds. The lowest BCUT2D eigenvalue weighted by molar-refractivity contribution is 0.969. The summed E-state index contributed by atoms with van der Waals surface area (Å²) in [5.41, 5.74) is 10.9. The molecule has 2 aromatic heterocycles. The molecule has 0 aliphatic rings. The average Bonchev–Trinajstić information content (AvgIpc) is 2.57. The number of imidazole rings is 1. The minimum Gasteiger partial charge on any atom is -0.384 e. The van der Waals surface area contributed by atoms with Crippen molar-refractivity contribution in [2.24, 2.45) is 5.73 Å². The number of hydrogen-bond donors (Lipinski definition) is 2. The van der Waals surface area contributed by atoms with E-state index in [1.54, 1.807) is 6.33 Å². The molecule has 0 spiro atoms. The fourth-order valence-corrected chi connectivity index (χ4v) is 2.07. The van der Waals surface area contributed by atoms with E-state index >= 15 is 0 Å². The van der Waals surface area contributed by atoms with E-state index in [4.69, 9.17) is 11.1 Å². The molecule has 0 saturated heterocycles. The Labute approximate surface area is 106 Å². The van der Waals surface area contributed by atoms with Crippen molar-refractivity contribution in [1.82, 2.24) is 14.5 Å². The Balaban J connectivity index is 2.77. The normalized spacial score (nSPS) is 10.7. The molecule has 0 unspecified atom stereocenters. The van der Waals surface area contributed by atoms with Crippen LogP contribution in [-0.2, 0) is 0 Å². The van der Waals surface area contributed by atoms with E-state index in [2.05, 4.69) is 9.97 Å². The van der Waals surface area contributed by atoms with E-state index in [-0.39, 0.29) is 5.84 Å². The van der Waals surface area contributed by atoms with Gasteiger partial charge in [0.25, 0.3) is 0 Å². The highest BCUT2D eigenvalue weighted by Crippen LogP contribution is 2.21. The van der Waals surface area contributed by atoms with Crippen LogP contribution < -0.4 is 5.73 Å². The van der Waals surface area contributed by atoms with Crippen molar-refractivity contribution in [2.45, 2.75) is 27.7 Å². The van der Waals surface area contributed by atoms with Crippen LogP contribution in [0.15, 0.2) is 12.4 Å². The number of nitrogens with zero attached hydrogens (tertiary/aromatic N) is 3. The fraction of sp³-hybridized carbons (Fsp3) is 0.308. The van der Waals surface area contributed by atoms with Crippen LogP contribution in [0.1, 0.15) is 28.3 Å². The van der Waals surface area contributed by atoms with Gasteiger partial charge in [0.15, 0.2) is 0 Å². The molecule has 3 N–H and O–H groups in total. The Morgan fingerprint density at radius 3 is 2.39 bits per heavy atom. The molecular weight excluding hydrogens is 226 g/mol. The van der Waals surface area contributed by atoms with Crippen LogP contribution in [0, 0.1) is 33.1 Å². The van der Waals surface area contributed by atoms with Gasteiger partial charge in [0, 0.05) is 11.4 Å². The van der Waals surface area contributed by atoms with Crippen LogP contribution in [0.3, 0.4) is 0 Å². The molecule has 2 rings (SSSR count). The second-order valence-corrected chi connectivity index (χ2v) is 4.44. The second-order valence-electron chi connectivity index (χ2n) is 4.44. The molecule has 0 aliphatic heterocycles. The monoisotopic (exact) mass is 243 g/mol. The average molecular weight is 243 g/mol. The zero-order valence-corrected chi connectivity index (χ0v) is 11.1. The highest BCUT2D eigenvalue weighted by Gasteiger charge is 2.15. The summed E-state index contributed by atoms with van der Waals surface area (Å²) in [4.78, 5) is 8.65. The number of nitrogens with one attached hydrogen (secondary N) is 1. The topological polar surface area (TPSA) is 80.6 Å². The van der Waals surface area contributed by atoms with E-state index in [9.17, 15) is 0 Å². The summed E-state index contributed by atoms with van der Waals surface area (Å²) in [6, 6.07) is 1.93. The fourth-order valence-electron chi connectivity index (χ4n) is 2.07. The quantitative estimate of drug-likeness (QED) is 0.623. The minimum absolute atomic E-state index is 0.0285. The van der Waals surface area contributed by atoms with Gasteiger partial charge in [-0.25, -0.2) is 4.98 Å². The number of pyridine rings is 1. The number of rotatable bonds is 2.